The fourth-order valence-corrected chi connectivity index (χ4v) is 1.90. The van der Waals surface area contributed by atoms with Crippen LogP contribution in [0.4, 0.5) is 0 Å². The number of nitrogens with zero attached hydrogens (tertiary/aromatic N) is 2. The average molecular weight is 242 g/mol. The smallest absolute Gasteiger partial charge is 0.151 e. The third-order valence-corrected chi connectivity index (χ3v) is 2.95. The highest BCUT2D eigenvalue weighted by Gasteiger charge is 2.12. The lowest BCUT2D eigenvalue weighted by atomic mass is 9.99. The quantitative estimate of drug-likeness (QED) is 0.871. The normalized spacial score (nSPS) is 17.6. The van der Waals surface area contributed by atoms with Gasteiger partial charge in [-0.3, -0.25) is 0 Å². The Hall–Kier alpha value is -0.710. The lowest BCUT2D eigenvalue weighted by molar-refractivity contribution is 0.0740. The van der Waals surface area contributed by atoms with Crippen LogP contribution in [0.25, 0.3) is 0 Å². The van der Waals surface area contributed by atoms with Gasteiger partial charge in [-0.15, -0.1) is 5.10 Å². The molecule has 1 fully saturated rings. The lowest BCUT2D eigenvalue weighted by Crippen LogP contribution is -2.29. The molecule has 1 N–H and O–H groups in total. The van der Waals surface area contributed by atoms with Crippen LogP contribution in [0.15, 0.2) is 12.1 Å². The lowest BCUT2D eigenvalue weighted by Gasteiger charge is -2.22. The van der Waals surface area contributed by atoms with Crippen LogP contribution < -0.4 is 5.32 Å². The van der Waals surface area contributed by atoms with E-state index >= 15 is 0 Å². The topological polar surface area (TPSA) is 47.0 Å². The van der Waals surface area contributed by atoms with E-state index in [1.54, 1.807) is 6.07 Å². The van der Waals surface area contributed by atoms with Crippen molar-refractivity contribution in [2.75, 3.05) is 19.7 Å². The molecule has 5 heteroatoms. The summed E-state index contributed by atoms with van der Waals surface area (Å²) in [6.45, 7) is 3.55. The van der Waals surface area contributed by atoms with Crippen molar-refractivity contribution in [1.29, 1.82) is 0 Å². The van der Waals surface area contributed by atoms with Crippen LogP contribution in [0, 0.1) is 5.92 Å². The van der Waals surface area contributed by atoms with Crippen molar-refractivity contribution in [2.24, 2.45) is 5.92 Å². The fourth-order valence-electron chi connectivity index (χ4n) is 1.80. The fraction of sp³-hybridized carbons (Fsp3) is 0.636. The van der Waals surface area contributed by atoms with E-state index in [2.05, 4.69) is 15.5 Å². The molecule has 0 spiro atoms. The highest BCUT2D eigenvalue weighted by molar-refractivity contribution is 6.29. The molecular formula is C11H16ClN3O. The van der Waals surface area contributed by atoms with E-state index in [-0.39, 0.29) is 0 Å². The standard InChI is InChI=1S/C11H16ClN3O/c12-11-2-1-10(14-15-11)8-16-7-9-3-5-13-6-4-9/h1-2,9,13H,3-8H2. The van der Waals surface area contributed by atoms with Gasteiger partial charge in [0.25, 0.3) is 0 Å². The number of nitrogens with one attached hydrogen (secondary N) is 1. The van der Waals surface area contributed by atoms with Gasteiger partial charge in [0.1, 0.15) is 0 Å². The van der Waals surface area contributed by atoms with Crippen LogP contribution in [0.5, 0.6) is 0 Å². The van der Waals surface area contributed by atoms with Crippen LogP contribution in [-0.2, 0) is 11.3 Å². The van der Waals surface area contributed by atoms with Gasteiger partial charge in [0.2, 0.25) is 0 Å². The first-order chi connectivity index (χ1) is 7.84. The first-order valence-electron chi connectivity index (χ1n) is 5.61. The van der Waals surface area contributed by atoms with Crippen LogP contribution >= 0.6 is 11.6 Å². The van der Waals surface area contributed by atoms with E-state index in [1.165, 1.54) is 12.8 Å². The zero-order valence-electron chi connectivity index (χ0n) is 9.16. The third-order valence-electron chi connectivity index (χ3n) is 2.75. The van der Waals surface area contributed by atoms with Gasteiger partial charge in [0.05, 0.1) is 18.9 Å². The van der Waals surface area contributed by atoms with Crippen molar-refractivity contribution in [3.63, 3.8) is 0 Å². The largest absolute Gasteiger partial charge is 0.375 e. The molecule has 0 bridgehead atoms. The summed E-state index contributed by atoms with van der Waals surface area (Å²) in [7, 11) is 0. The number of ether oxygens (including phenoxy) is 1. The van der Waals surface area contributed by atoms with Crippen molar-refractivity contribution < 1.29 is 4.74 Å². The van der Waals surface area contributed by atoms with Crippen LogP contribution in [-0.4, -0.2) is 29.9 Å². The maximum atomic E-state index is 5.65. The predicted octanol–water partition coefficient (Wildman–Crippen LogP) is 1.65. The van der Waals surface area contributed by atoms with Crippen LogP contribution in [0.1, 0.15) is 18.5 Å². The Kier molecular flexibility index (Phi) is 4.51. The summed E-state index contributed by atoms with van der Waals surface area (Å²) in [5.74, 6) is 0.682. The van der Waals surface area contributed by atoms with E-state index in [4.69, 9.17) is 16.3 Å². The van der Waals surface area contributed by atoms with Crippen molar-refractivity contribution in [2.45, 2.75) is 19.4 Å². The van der Waals surface area contributed by atoms with Gasteiger partial charge in [-0.05, 0) is 44.0 Å². The van der Waals surface area contributed by atoms with E-state index in [0.29, 0.717) is 17.7 Å². The predicted molar refractivity (Wildman–Crippen MR) is 62.3 cm³/mol. The summed E-state index contributed by atoms with van der Waals surface area (Å²) in [5.41, 5.74) is 0.832. The van der Waals surface area contributed by atoms with Crippen molar-refractivity contribution in [3.05, 3.63) is 23.0 Å². The average Bonchev–Trinajstić information content (AvgIpc) is 2.33. The van der Waals surface area contributed by atoms with Gasteiger partial charge in [-0.25, -0.2) is 0 Å². The van der Waals surface area contributed by atoms with Gasteiger partial charge < -0.3 is 10.1 Å². The van der Waals surface area contributed by atoms with Gasteiger partial charge >= 0.3 is 0 Å². The Balaban J connectivity index is 1.69. The number of halogens is 1. The monoisotopic (exact) mass is 241 g/mol. The summed E-state index contributed by atoms with van der Waals surface area (Å²) in [5, 5.41) is 11.5. The van der Waals surface area contributed by atoms with E-state index in [9.17, 15) is 0 Å². The van der Waals surface area contributed by atoms with Gasteiger partial charge in [0, 0.05) is 0 Å². The SMILES string of the molecule is Clc1ccc(COCC2CCNCC2)nn1. The van der Waals surface area contributed by atoms with E-state index in [1.807, 2.05) is 6.07 Å². The molecular weight excluding hydrogens is 226 g/mol. The minimum atomic E-state index is 0.419. The molecule has 0 amide bonds. The molecule has 0 aliphatic carbocycles. The molecule has 1 aliphatic rings. The number of hydrogen-bond donors (Lipinski definition) is 1. The molecule has 0 atom stereocenters. The molecule has 2 heterocycles. The molecule has 1 aliphatic heterocycles. The Morgan fingerprint density at radius 1 is 1.31 bits per heavy atom. The second kappa shape index (κ2) is 6.13. The minimum Gasteiger partial charge on any atom is -0.375 e. The zero-order chi connectivity index (χ0) is 11.2. The molecule has 88 valence electrons. The van der Waals surface area contributed by atoms with Crippen molar-refractivity contribution in [1.82, 2.24) is 15.5 Å². The highest BCUT2D eigenvalue weighted by atomic mass is 35.5. The Bertz CT molecular complexity index is 312. The Morgan fingerprint density at radius 2 is 2.12 bits per heavy atom. The zero-order valence-corrected chi connectivity index (χ0v) is 9.91. The Morgan fingerprint density at radius 3 is 2.81 bits per heavy atom. The van der Waals surface area contributed by atoms with Gasteiger partial charge in [-0.2, -0.15) is 5.10 Å². The molecule has 0 unspecified atom stereocenters. The molecule has 1 aromatic rings. The number of piperidine rings is 1. The minimum absolute atomic E-state index is 0.419. The van der Waals surface area contributed by atoms with Gasteiger partial charge in [-0.1, -0.05) is 11.6 Å². The second-order valence-electron chi connectivity index (χ2n) is 4.06. The van der Waals surface area contributed by atoms with Crippen LogP contribution in [0.3, 0.4) is 0 Å². The number of hydrogen-bond acceptors (Lipinski definition) is 4. The summed E-state index contributed by atoms with van der Waals surface area (Å²) < 4.78 is 5.63. The summed E-state index contributed by atoms with van der Waals surface area (Å²) in [6.07, 6.45) is 2.40. The molecule has 1 aromatic heterocycles. The molecule has 2 rings (SSSR count). The van der Waals surface area contributed by atoms with Gasteiger partial charge in [0.15, 0.2) is 5.15 Å². The first-order valence-corrected chi connectivity index (χ1v) is 5.99. The Labute approximate surface area is 100 Å². The number of aromatic nitrogens is 2. The van der Waals surface area contributed by atoms with E-state index in [0.717, 1.165) is 25.4 Å². The molecule has 0 aromatic carbocycles. The summed E-state index contributed by atoms with van der Waals surface area (Å²) >= 11 is 5.65. The second-order valence-corrected chi connectivity index (χ2v) is 4.44. The third kappa shape index (κ3) is 3.70. The number of rotatable bonds is 4. The van der Waals surface area contributed by atoms with E-state index < -0.39 is 0 Å². The summed E-state index contributed by atoms with van der Waals surface area (Å²) in [6, 6.07) is 3.58. The maximum absolute atomic E-state index is 5.65. The van der Waals surface area contributed by atoms with Crippen LogP contribution in [0.2, 0.25) is 5.15 Å². The van der Waals surface area contributed by atoms with Crippen molar-refractivity contribution >= 4 is 11.6 Å². The molecule has 0 radical (unpaired) electrons. The maximum Gasteiger partial charge on any atom is 0.151 e. The molecule has 4 nitrogen and oxygen atoms in total. The molecule has 16 heavy (non-hydrogen) atoms. The highest BCUT2D eigenvalue weighted by Crippen LogP contribution is 2.12. The molecule has 0 saturated carbocycles. The summed E-state index contributed by atoms with van der Waals surface area (Å²) in [4.78, 5) is 0. The molecule has 1 saturated heterocycles. The first kappa shape index (κ1) is 11.8. The van der Waals surface area contributed by atoms with Crippen molar-refractivity contribution in [3.8, 4) is 0 Å².